The SMILES string of the molecule is C1=CC2=NN=NC2C=C1. The van der Waals surface area contributed by atoms with Crippen molar-refractivity contribution in [1.29, 1.82) is 0 Å². The molecule has 9 heavy (non-hydrogen) atoms. The van der Waals surface area contributed by atoms with Crippen molar-refractivity contribution in [2.24, 2.45) is 15.4 Å². The van der Waals surface area contributed by atoms with Gasteiger partial charge in [-0.15, -0.1) is 5.10 Å². The zero-order valence-electron chi connectivity index (χ0n) is 4.73. The quantitative estimate of drug-likeness (QED) is 0.461. The van der Waals surface area contributed by atoms with Gasteiger partial charge in [0.05, 0.1) is 5.71 Å². The third-order valence-corrected chi connectivity index (χ3v) is 1.31. The van der Waals surface area contributed by atoms with Crippen LogP contribution in [0.15, 0.2) is 39.7 Å². The van der Waals surface area contributed by atoms with Crippen LogP contribution >= 0.6 is 0 Å². The summed E-state index contributed by atoms with van der Waals surface area (Å²) < 4.78 is 0. The van der Waals surface area contributed by atoms with Crippen LogP contribution in [0.25, 0.3) is 0 Å². The summed E-state index contributed by atoms with van der Waals surface area (Å²) in [7, 11) is 0. The Morgan fingerprint density at radius 1 is 1.33 bits per heavy atom. The molecule has 3 heteroatoms. The van der Waals surface area contributed by atoms with Gasteiger partial charge in [0, 0.05) is 0 Å². The van der Waals surface area contributed by atoms with Gasteiger partial charge in [-0.3, -0.25) is 0 Å². The summed E-state index contributed by atoms with van der Waals surface area (Å²) in [6.07, 6.45) is 7.78. The Balaban J connectivity index is 2.40. The number of nitrogens with zero attached hydrogens (tertiary/aromatic N) is 3. The zero-order chi connectivity index (χ0) is 6.10. The van der Waals surface area contributed by atoms with Crippen molar-refractivity contribution in [2.45, 2.75) is 6.04 Å². The maximum atomic E-state index is 3.84. The molecular weight excluding hydrogens is 114 g/mol. The Hall–Kier alpha value is -1.25. The molecule has 0 N–H and O–H groups in total. The fraction of sp³-hybridized carbons (Fsp3) is 0.167. The van der Waals surface area contributed by atoms with E-state index in [1.165, 1.54) is 0 Å². The Kier molecular flexibility index (Phi) is 0.828. The maximum absolute atomic E-state index is 3.84. The molecule has 0 radical (unpaired) electrons. The Morgan fingerprint density at radius 3 is 3.22 bits per heavy atom. The van der Waals surface area contributed by atoms with Crippen LogP contribution in [-0.2, 0) is 0 Å². The highest BCUT2D eigenvalue weighted by molar-refractivity contribution is 6.02. The summed E-state index contributed by atoms with van der Waals surface area (Å²) in [6, 6.07) is 0.106. The monoisotopic (exact) mass is 119 g/mol. The van der Waals surface area contributed by atoms with Crippen LogP contribution in [0.4, 0.5) is 0 Å². The van der Waals surface area contributed by atoms with Crippen molar-refractivity contribution >= 4 is 5.71 Å². The van der Waals surface area contributed by atoms with E-state index in [1.54, 1.807) is 0 Å². The minimum atomic E-state index is 0.106. The van der Waals surface area contributed by atoms with Crippen molar-refractivity contribution in [2.75, 3.05) is 0 Å². The lowest BCUT2D eigenvalue weighted by Gasteiger charge is -2.00. The van der Waals surface area contributed by atoms with Gasteiger partial charge >= 0.3 is 0 Å². The number of rotatable bonds is 0. The summed E-state index contributed by atoms with van der Waals surface area (Å²) in [5, 5.41) is 11.2. The topological polar surface area (TPSA) is 37.1 Å². The highest BCUT2D eigenvalue weighted by atomic mass is 15.4. The molecule has 44 valence electrons. The normalized spacial score (nSPS) is 28.4. The summed E-state index contributed by atoms with van der Waals surface area (Å²) in [5.74, 6) is 0. The number of allylic oxidation sites excluding steroid dienone is 2. The third-order valence-electron chi connectivity index (χ3n) is 1.31. The van der Waals surface area contributed by atoms with Crippen LogP contribution in [0.3, 0.4) is 0 Å². The minimum absolute atomic E-state index is 0.106. The molecule has 2 rings (SSSR count). The Labute approximate surface area is 52.5 Å². The number of fused-ring (bicyclic) bond motifs is 1. The first kappa shape index (κ1) is 4.61. The second-order valence-electron chi connectivity index (χ2n) is 1.92. The highest BCUT2D eigenvalue weighted by Gasteiger charge is 2.15. The Morgan fingerprint density at radius 2 is 2.33 bits per heavy atom. The molecule has 1 unspecified atom stereocenters. The van der Waals surface area contributed by atoms with E-state index in [4.69, 9.17) is 0 Å². The average Bonchev–Trinajstić information content (AvgIpc) is 2.33. The van der Waals surface area contributed by atoms with Gasteiger partial charge in [0.25, 0.3) is 0 Å². The molecule has 1 atom stereocenters. The van der Waals surface area contributed by atoms with E-state index in [2.05, 4.69) is 15.4 Å². The van der Waals surface area contributed by atoms with E-state index in [0.717, 1.165) is 5.71 Å². The van der Waals surface area contributed by atoms with E-state index < -0.39 is 0 Å². The average molecular weight is 119 g/mol. The second-order valence-corrected chi connectivity index (χ2v) is 1.92. The Bertz CT molecular complexity index is 235. The number of hydrogen-bond acceptors (Lipinski definition) is 3. The van der Waals surface area contributed by atoms with Crippen molar-refractivity contribution in [3.8, 4) is 0 Å². The van der Waals surface area contributed by atoms with Gasteiger partial charge in [0.2, 0.25) is 0 Å². The van der Waals surface area contributed by atoms with Crippen LogP contribution < -0.4 is 0 Å². The molecule has 3 nitrogen and oxygen atoms in total. The van der Waals surface area contributed by atoms with Gasteiger partial charge in [0.1, 0.15) is 6.04 Å². The molecule has 0 saturated heterocycles. The van der Waals surface area contributed by atoms with Gasteiger partial charge < -0.3 is 0 Å². The lowest BCUT2D eigenvalue weighted by Crippen LogP contribution is -2.11. The molecule has 0 amide bonds. The van der Waals surface area contributed by atoms with E-state index in [-0.39, 0.29) is 6.04 Å². The zero-order valence-corrected chi connectivity index (χ0v) is 4.73. The first-order valence-electron chi connectivity index (χ1n) is 2.79. The molecule has 0 fully saturated rings. The third kappa shape index (κ3) is 0.614. The van der Waals surface area contributed by atoms with Crippen LogP contribution in [0.2, 0.25) is 0 Å². The van der Waals surface area contributed by atoms with Crippen LogP contribution in [0, 0.1) is 0 Å². The van der Waals surface area contributed by atoms with Crippen molar-refractivity contribution in [3.63, 3.8) is 0 Å². The fourth-order valence-electron chi connectivity index (χ4n) is 0.844. The molecule has 0 spiro atoms. The van der Waals surface area contributed by atoms with Gasteiger partial charge in [-0.2, -0.15) is 5.11 Å². The maximum Gasteiger partial charge on any atom is 0.135 e. The van der Waals surface area contributed by atoms with E-state index in [0.29, 0.717) is 0 Å². The smallest absolute Gasteiger partial charge is 0.135 e. The molecule has 0 bridgehead atoms. The largest absolute Gasteiger partial charge is 0.155 e. The predicted octanol–water partition coefficient (Wildman–Crippen LogP) is 1.30. The molecule has 1 heterocycles. The summed E-state index contributed by atoms with van der Waals surface area (Å²) in [4.78, 5) is 0. The summed E-state index contributed by atoms with van der Waals surface area (Å²) in [6.45, 7) is 0. The highest BCUT2D eigenvalue weighted by Crippen LogP contribution is 2.11. The minimum Gasteiger partial charge on any atom is -0.155 e. The van der Waals surface area contributed by atoms with Crippen molar-refractivity contribution in [1.82, 2.24) is 0 Å². The van der Waals surface area contributed by atoms with Gasteiger partial charge in [-0.25, -0.2) is 0 Å². The second kappa shape index (κ2) is 1.62. The first-order chi connectivity index (χ1) is 4.47. The molecular formula is C6H5N3. The van der Waals surface area contributed by atoms with Crippen LogP contribution in [0.5, 0.6) is 0 Å². The van der Waals surface area contributed by atoms with Gasteiger partial charge in [-0.1, -0.05) is 18.2 Å². The molecule has 0 aromatic carbocycles. The molecule has 2 aliphatic rings. The number of hydrogen-bond donors (Lipinski definition) is 0. The standard InChI is InChI=1S/C6H5N3/c1-2-4-6-5(3-1)7-9-8-6/h1-5H. The fourth-order valence-corrected chi connectivity index (χ4v) is 0.844. The van der Waals surface area contributed by atoms with E-state index >= 15 is 0 Å². The molecule has 0 saturated carbocycles. The lowest BCUT2D eigenvalue weighted by atomic mass is 10.1. The first-order valence-corrected chi connectivity index (χ1v) is 2.79. The summed E-state index contributed by atoms with van der Waals surface area (Å²) in [5.41, 5.74) is 0.942. The molecule has 1 aliphatic carbocycles. The summed E-state index contributed by atoms with van der Waals surface area (Å²) >= 11 is 0. The van der Waals surface area contributed by atoms with E-state index in [1.807, 2.05) is 24.3 Å². The van der Waals surface area contributed by atoms with Gasteiger partial charge in [-0.05, 0) is 11.3 Å². The van der Waals surface area contributed by atoms with E-state index in [9.17, 15) is 0 Å². The molecule has 1 aliphatic heterocycles. The predicted molar refractivity (Wildman–Crippen MR) is 34.4 cm³/mol. The van der Waals surface area contributed by atoms with Crippen LogP contribution in [0.1, 0.15) is 0 Å². The van der Waals surface area contributed by atoms with Crippen molar-refractivity contribution in [3.05, 3.63) is 24.3 Å². The van der Waals surface area contributed by atoms with Gasteiger partial charge in [0.15, 0.2) is 0 Å². The molecule has 0 aromatic heterocycles. The molecule has 0 aromatic rings. The lowest BCUT2D eigenvalue weighted by molar-refractivity contribution is 0.974. The van der Waals surface area contributed by atoms with Crippen molar-refractivity contribution < 1.29 is 0 Å². The van der Waals surface area contributed by atoms with Crippen LogP contribution in [-0.4, -0.2) is 11.8 Å².